The zero-order chi connectivity index (χ0) is 18.5. The van der Waals surface area contributed by atoms with Crippen molar-refractivity contribution in [1.82, 2.24) is 20.2 Å². The number of hydrogen-bond acceptors (Lipinski definition) is 7. The first-order chi connectivity index (χ1) is 12.6. The molecule has 3 aromatic rings. The topological polar surface area (TPSA) is 79.1 Å². The molecule has 0 spiro atoms. The van der Waals surface area contributed by atoms with Gasteiger partial charge in [-0.15, -0.1) is 5.10 Å². The van der Waals surface area contributed by atoms with E-state index in [1.807, 2.05) is 37.3 Å². The van der Waals surface area contributed by atoms with Gasteiger partial charge in [0.2, 0.25) is 5.16 Å². The molecule has 1 aromatic heterocycles. The highest BCUT2D eigenvalue weighted by Crippen LogP contribution is 2.30. The molecule has 0 bridgehead atoms. The average molecular weight is 370 g/mol. The number of ketones is 1. The predicted octanol–water partition coefficient (Wildman–Crippen LogP) is 3.04. The lowest BCUT2D eigenvalue weighted by molar-refractivity contribution is 0.0993. The molecule has 0 N–H and O–H groups in total. The molecule has 8 heteroatoms. The number of benzene rings is 2. The van der Waals surface area contributed by atoms with Crippen molar-refractivity contribution in [2.24, 2.45) is 0 Å². The predicted molar refractivity (Wildman–Crippen MR) is 98.3 cm³/mol. The number of ether oxygens (including phenoxy) is 2. The molecule has 0 unspecified atom stereocenters. The molecular formula is C18H18N4O3S. The van der Waals surface area contributed by atoms with Crippen LogP contribution >= 0.6 is 11.8 Å². The molecule has 26 heavy (non-hydrogen) atoms. The van der Waals surface area contributed by atoms with Gasteiger partial charge in [0, 0.05) is 5.56 Å². The SMILES string of the molecule is COc1ccc(C(=O)[C@H](C)Sc2nnnn2-c2ccccc2)cc1OC. The smallest absolute Gasteiger partial charge is 0.214 e. The number of para-hydroxylation sites is 1. The van der Waals surface area contributed by atoms with Crippen LogP contribution in [0.2, 0.25) is 0 Å². The van der Waals surface area contributed by atoms with E-state index in [2.05, 4.69) is 15.5 Å². The summed E-state index contributed by atoms with van der Waals surface area (Å²) in [5.41, 5.74) is 1.38. The fourth-order valence-electron chi connectivity index (χ4n) is 2.42. The maximum Gasteiger partial charge on any atom is 0.214 e. The number of aromatic nitrogens is 4. The Morgan fingerprint density at radius 2 is 1.81 bits per heavy atom. The van der Waals surface area contributed by atoms with Crippen LogP contribution in [0.15, 0.2) is 53.7 Å². The number of hydrogen-bond donors (Lipinski definition) is 0. The molecule has 0 radical (unpaired) electrons. The minimum Gasteiger partial charge on any atom is -0.493 e. The van der Waals surface area contributed by atoms with Gasteiger partial charge in [0.1, 0.15) is 0 Å². The summed E-state index contributed by atoms with van der Waals surface area (Å²) in [6, 6.07) is 14.7. The molecule has 134 valence electrons. The highest BCUT2D eigenvalue weighted by Gasteiger charge is 2.21. The van der Waals surface area contributed by atoms with Crippen LogP contribution in [0.4, 0.5) is 0 Å². The molecule has 0 saturated carbocycles. The first-order valence-corrected chi connectivity index (χ1v) is 8.78. The van der Waals surface area contributed by atoms with Crippen molar-refractivity contribution < 1.29 is 14.3 Å². The molecule has 0 amide bonds. The maximum absolute atomic E-state index is 12.8. The van der Waals surface area contributed by atoms with Crippen LogP contribution in [0.3, 0.4) is 0 Å². The van der Waals surface area contributed by atoms with E-state index >= 15 is 0 Å². The Hall–Kier alpha value is -2.87. The Morgan fingerprint density at radius 3 is 2.50 bits per heavy atom. The Bertz CT molecular complexity index is 898. The van der Waals surface area contributed by atoms with Crippen molar-refractivity contribution in [3.63, 3.8) is 0 Å². The minimum absolute atomic E-state index is 0.0430. The summed E-state index contributed by atoms with van der Waals surface area (Å²) in [5, 5.41) is 12.0. The lowest BCUT2D eigenvalue weighted by Gasteiger charge is -2.12. The molecule has 0 aliphatic rings. The number of carbonyl (C=O) groups excluding carboxylic acids is 1. The standard InChI is InChI=1S/C18H18N4O3S/c1-12(17(23)13-9-10-15(24-2)16(11-13)25-3)26-18-19-20-21-22(18)14-7-5-4-6-8-14/h4-12H,1-3H3/t12-/m0/s1. The molecule has 1 atom stereocenters. The van der Waals surface area contributed by atoms with Gasteiger partial charge in [-0.05, 0) is 47.7 Å². The van der Waals surface area contributed by atoms with Crippen LogP contribution in [-0.2, 0) is 0 Å². The third kappa shape index (κ3) is 3.70. The zero-order valence-electron chi connectivity index (χ0n) is 14.6. The molecule has 1 heterocycles. The van der Waals surface area contributed by atoms with Gasteiger partial charge in [-0.3, -0.25) is 4.79 Å². The molecular weight excluding hydrogens is 352 g/mol. The van der Waals surface area contributed by atoms with E-state index in [-0.39, 0.29) is 11.0 Å². The summed E-state index contributed by atoms with van der Waals surface area (Å²) in [7, 11) is 3.10. The molecule has 0 fully saturated rings. The lowest BCUT2D eigenvalue weighted by Crippen LogP contribution is -2.15. The number of tetrazole rings is 1. The fraction of sp³-hybridized carbons (Fsp3) is 0.222. The summed E-state index contributed by atoms with van der Waals surface area (Å²) in [5.74, 6) is 1.06. The highest BCUT2D eigenvalue weighted by atomic mass is 32.2. The number of thioether (sulfide) groups is 1. The third-order valence-corrected chi connectivity index (χ3v) is 4.79. The van der Waals surface area contributed by atoms with Gasteiger partial charge < -0.3 is 9.47 Å². The number of Topliss-reactive ketones (excluding diaryl/α,β-unsaturated/α-hetero) is 1. The number of rotatable bonds is 7. The molecule has 7 nitrogen and oxygen atoms in total. The van der Waals surface area contributed by atoms with Crippen LogP contribution in [0, 0.1) is 0 Å². The monoisotopic (exact) mass is 370 g/mol. The lowest BCUT2D eigenvalue weighted by atomic mass is 10.1. The van der Waals surface area contributed by atoms with Gasteiger partial charge in [-0.25, -0.2) is 0 Å². The number of nitrogens with zero attached hydrogens (tertiary/aromatic N) is 4. The van der Waals surface area contributed by atoms with Crippen molar-refractivity contribution >= 4 is 17.5 Å². The minimum atomic E-state index is -0.374. The van der Waals surface area contributed by atoms with Crippen LogP contribution in [0.25, 0.3) is 5.69 Å². The van der Waals surface area contributed by atoms with Gasteiger partial charge in [0.15, 0.2) is 17.3 Å². The largest absolute Gasteiger partial charge is 0.493 e. The molecule has 0 saturated heterocycles. The highest BCUT2D eigenvalue weighted by molar-refractivity contribution is 8.00. The summed E-state index contributed by atoms with van der Waals surface area (Å²) >= 11 is 1.30. The summed E-state index contributed by atoms with van der Waals surface area (Å²) in [6.45, 7) is 1.83. The van der Waals surface area contributed by atoms with E-state index in [4.69, 9.17) is 9.47 Å². The van der Waals surface area contributed by atoms with Crippen molar-refractivity contribution in [3.05, 3.63) is 54.1 Å². The molecule has 0 aliphatic carbocycles. The van der Waals surface area contributed by atoms with Crippen molar-refractivity contribution in [2.45, 2.75) is 17.3 Å². The Morgan fingerprint density at radius 1 is 1.08 bits per heavy atom. The summed E-state index contributed by atoms with van der Waals surface area (Å²) < 4.78 is 12.1. The Balaban J connectivity index is 1.80. The van der Waals surface area contributed by atoms with Crippen LogP contribution < -0.4 is 9.47 Å². The molecule has 3 rings (SSSR count). The van der Waals surface area contributed by atoms with Gasteiger partial charge >= 0.3 is 0 Å². The first-order valence-electron chi connectivity index (χ1n) is 7.90. The van der Waals surface area contributed by atoms with E-state index in [9.17, 15) is 4.79 Å². The van der Waals surface area contributed by atoms with Gasteiger partial charge in [-0.2, -0.15) is 4.68 Å². The average Bonchev–Trinajstić information content (AvgIpc) is 3.15. The summed E-state index contributed by atoms with van der Waals surface area (Å²) in [6.07, 6.45) is 0. The maximum atomic E-state index is 12.8. The normalized spacial score (nSPS) is 11.8. The van der Waals surface area contributed by atoms with Gasteiger partial charge in [0.05, 0.1) is 25.2 Å². The Labute approximate surface area is 155 Å². The van der Waals surface area contributed by atoms with Crippen LogP contribution in [0.1, 0.15) is 17.3 Å². The summed E-state index contributed by atoms with van der Waals surface area (Å²) in [4.78, 5) is 12.8. The van der Waals surface area contributed by atoms with Crippen molar-refractivity contribution in [1.29, 1.82) is 0 Å². The fourth-order valence-corrected chi connectivity index (χ4v) is 3.30. The third-order valence-electron chi connectivity index (χ3n) is 3.76. The second kappa shape index (κ2) is 8.01. The van der Waals surface area contributed by atoms with E-state index in [1.165, 1.54) is 18.9 Å². The zero-order valence-corrected chi connectivity index (χ0v) is 15.4. The van der Waals surface area contributed by atoms with Crippen molar-refractivity contribution in [2.75, 3.05) is 14.2 Å². The molecule has 0 aliphatic heterocycles. The van der Waals surface area contributed by atoms with E-state index in [0.29, 0.717) is 22.2 Å². The van der Waals surface area contributed by atoms with Crippen molar-refractivity contribution in [3.8, 4) is 17.2 Å². The van der Waals surface area contributed by atoms with Crippen LogP contribution in [0.5, 0.6) is 11.5 Å². The van der Waals surface area contributed by atoms with E-state index in [0.717, 1.165) is 5.69 Å². The molecule has 2 aromatic carbocycles. The Kier molecular flexibility index (Phi) is 5.52. The second-order valence-corrected chi connectivity index (χ2v) is 6.71. The quantitative estimate of drug-likeness (QED) is 0.467. The van der Waals surface area contributed by atoms with Crippen LogP contribution in [-0.4, -0.2) is 45.5 Å². The van der Waals surface area contributed by atoms with Gasteiger partial charge in [-0.1, -0.05) is 30.0 Å². The van der Waals surface area contributed by atoms with E-state index in [1.54, 1.807) is 30.0 Å². The first kappa shape index (κ1) is 17.9. The van der Waals surface area contributed by atoms with E-state index < -0.39 is 0 Å². The number of carbonyl (C=O) groups is 1. The number of methoxy groups -OCH3 is 2. The van der Waals surface area contributed by atoms with Gasteiger partial charge in [0.25, 0.3) is 0 Å². The second-order valence-electron chi connectivity index (χ2n) is 5.40.